The van der Waals surface area contributed by atoms with Gasteiger partial charge >= 0.3 is 5.97 Å². The van der Waals surface area contributed by atoms with Crippen molar-refractivity contribution in [2.75, 3.05) is 6.61 Å². The molecule has 0 bridgehead atoms. The van der Waals surface area contributed by atoms with Gasteiger partial charge in [-0.3, -0.25) is 9.59 Å². The van der Waals surface area contributed by atoms with Crippen molar-refractivity contribution in [3.8, 4) is 0 Å². The largest absolute Gasteiger partial charge is 0.466 e. The Kier molecular flexibility index (Phi) is 4.31. The Balaban J connectivity index is 2.41. The first-order chi connectivity index (χ1) is 9.85. The molecule has 2 rings (SSSR count). The van der Waals surface area contributed by atoms with E-state index in [9.17, 15) is 9.59 Å². The Labute approximate surface area is 126 Å². The molecule has 3 nitrogen and oxygen atoms in total. The molecule has 0 saturated heterocycles. The smallest absolute Gasteiger partial charge is 0.310 e. The van der Waals surface area contributed by atoms with Crippen LogP contribution in [0.5, 0.6) is 0 Å². The summed E-state index contributed by atoms with van der Waals surface area (Å²) in [4.78, 5) is 23.3. The summed E-state index contributed by atoms with van der Waals surface area (Å²) in [6.07, 6.45) is 3.26. The van der Waals surface area contributed by atoms with Gasteiger partial charge in [-0.25, -0.2) is 0 Å². The van der Waals surface area contributed by atoms with Crippen LogP contribution in [0.1, 0.15) is 62.0 Å². The normalized spacial score (nSPS) is 15.9. The zero-order valence-corrected chi connectivity index (χ0v) is 13.2. The second-order valence-electron chi connectivity index (χ2n) is 6.12. The minimum atomic E-state index is -0.204. The SMILES string of the molecule is CCOC(=O)CC1=CCC(C)(C)c2cc(C(C)=O)ccc21. The van der Waals surface area contributed by atoms with E-state index in [1.165, 1.54) is 0 Å². The van der Waals surface area contributed by atoms with E-state index < -0.39 is 0 Å². The molecule has 0 amide bonds. The van der Waals surface area contributed by atoms with Crippen LogP contribution in [0, 0.1) is 0 Å². The lowest BCUT2D eigenvalue weighted by atomic mass is 9.72. The quantitative estimate of drug-likeness (QED) is 0.622. The Bertz CT molecular complexity index is 609. The molecule has 1 aromatic rings. The maximum Gasteiger partial charge on any atom is 0.310 e. The third-order valence-corrected chi connectivity index (χ3v) is 4.00. The van der Waals surface area contributed by atoms with E-state index in [1.807, 2.05) is 25.1 Å². The van der Waals surface area contributed by atoms with Crippen molar-refractivity contribution in [2.24, 2.45) is 0 Å². The molecule has 0 atom stereocenters. The second-order valence-corrected chi connectivity index (χ2v) is 6.12. The van der Waals surface area contributed by atoms with E-state index in [4.69, 9.17) is 4.74 Å². The summed E-state index contributed by atoms with van der Waals surface area (Å²) in [5.74, 6) is -0.139. The van der Waals surface area contributed by atoms with Crippen molar-refractivity contribution in [1.82, 2.24) is 0 Å². The summed E-state index contributed by atoms with van der Waals surface area (Å²) in [6, 6.07) is 5.76. The molecule has 0 N–H and O–H groups in total. The Morgan fingerprint density at radius 3 is 2.62 bits per heavy atom. The van der Waals surface area contributed by atoms with Gasteiger partial charge in [0.05, 0.1) is 13.0 Å². The van der Waals surface area contributed by atoms with Crippen LogP contribution in [0.2, 0.25) is 0 Å². The van der Waals surface area contributed by atoms with Crippen molar-refractivity contribution in [3.63, 3.8) is 0 Å². The molecule has 112 valence electrons. The molecule has 0 fully saturated rings. The van der Waals surface area contributed by atoms with Gasteiger partial charge < -0.3 is 4.74 Å². The number of benzene rings is 1. The summed E-state index contributed by atoms with van der Waals surface area (Å²) in [6.45, 7) is 8.10. The zero-order valence-electron chi connectivity index (χ0n) is 13.2. The highest BCUT2D eigenvalue weighted by Crippen LogP contribution is 2.40. The van der Waals surface area contributed by atoms with Gasteiger partial charge in [-0.15, -0.1) is 0 Å². The lowest BCUT2D eigenvalue weighted by Gasteiger charge is -2.32. The molecule has 0 aromatic heterocycles. The zero-order chi connectivity index (χ0) is 15.6. The maximum atomic E-state index is 11.7. The average Bonchev–Trinajstić information content (AvgIpc) is 2.42. The van der Waals surface area contributed by atoms with Crippen molar-refractivity contribution in [3.05, 3.63) is 41.0 Å². The fraction of sp³-hybridized carbons (Fsp3) is 0.444. The number of esters is 1. The third kappa shape index (κ3) is 3.23. The Hall–Kier alpha value is -1.90. The monoisotopic (exact) mass is 286 g/mol. The highest BCUT2D eigenvalue weighted by atomic mass is 16.5. The molecular formula is C18H22O3. The van der Waals surface area contributed by atoms with Gasteiger partial charge in [-0.05, 0) is 48.4 Å². The molecule has 21 heavy (non-hydrogen) atoms. The van der Waals surface area contributed by atoms with Gasteiger partial charge in [0, 0.05) is 5.56 Å². The first kappa shape index (κ1) is 15.5. The maximum absolute atomic E-state index is 11.7. The molecule has 0 unspecified atom stereocenters. The number of allylic oxidation sites excluding steroid dienone is 1. The highest BCUT2D eigenvalue weighted by molar-refractivity contribution is 5.95. The van der Waals surface area contributed by atoms with E-state index in [2.05, 4.69) is 19.9 Å². The van der Waals surface area contributed by atoms with E-state index >= 15 is 0 Å². The molecule has 0 heterocycles. The number of Topliss-reactive ketones (excluding diaryl/α,β-unsaturated/α-hetero) is 1. The minimum absolute atomic E-state index is 0.0288. The van der Waals surface area contributed by atoms with Crippen LogP contribution in [0.4, 0.5) is 0 Å². The summed E-state index contributed by atoms with van der Waals surface area (Å²) >= 11 is 0. The number of hydrogen-bond acceptors (Lipinski definition) is 3. The van der Waals surface area contributed by atoms with Crippen molar-refractivity contribution < 1.29 is 14.3 Å². The Morgan fingerprint density at radius 1 is 1.29 bits per heavy atom. The van der Waals surface area contributed by atoms with Crippen LogP contribution in [0.25, 0.3) is 5.57 Å². The number of carbonyl (C=O) groups is 2. The molecule has 0 radical (unpaired) electrons. The molecule has 0 saturated carbocycles. The van der Waals surface area contributed by atoms with Crippen LogP contribution in [-0.4, -0.2) is 18.4 Å². The lowest BCUT2D eigenvalue weighted by molar-refractivity contribution is -0.141. The van der Waals surface area contributed by atoms with Gasteiger partial charge in [0.1, 0.15) is 0 Å². The number of hydrogen-bond donors (Lipinski definition) is 0. The second kappa shape index (κ2) is 5.84. The molecule has 3 heteroatoms. The molecule has 1 aliphatic carbocycles. The van der Waals surface area contributed by atoms with E-state index in [-0.39, 0.29) is 23.6 Å². The standard InChI is InChI=1S/C18H22O3/c1-5-21-17(20)11-14-8-9-18(3,4)16-10-13(12(2)19)6-7-15(14)16/h6-8,10H,5,9,11H2,1-4H3. The molecule has 1 aliphatic rings. The van der Waals surface area contributed by atoms with Crippen LogP contribution >= 0.6 is 0 Å². The summed E-state index contributed by atoms with van der Waals surface area (Å²) in [5, 5.41) is 0. The van der Waals surface area contributed by atoms with Crippen LogP contribution in [0.3, 0.4) is 0 Å². The fourth-order valence-corrected chi connectivity index (χ4v) is 2.74. The molecule has 0 spiro atoms. The van der Waals surface area contributed by atoms with Gasteiger partial charge in [0.15, 0.2) is 5.78 Å². The minimum Gasteiger partial charge on any atom is -0.466 e. The lowest BCUT2D eigenvalue weighted by Crippen LogP contribution is -2.23. The average molecular weight is 286 g/mol. The topological polar surface area (TPSA) is 43.4 Å². The van der Waals surface area contributed by atoms with Crippen LogP contribution < -0.4 is 0 Å². The van der Waals surface area contributed by atoms with Crippen molar-refractivity contribution in [2.45, 2.75) is 46.0 Å². The summed E-state index contributed by atoms with van der Waals surface area (Å²) < 4.78 is 5.04. The predicted octanol–water partition coefficient (Wildman–Crippen LogP) is 3.91. The molecule has 0 aliphatic heterocycles. The van der Waals surface area contributed by atoms with E-state index in [1.54, 1.807) is 6.92 Å². The first-order valence-electron chi connectivity index (χ1n) is 7.35. The first-order valence-corrected chi connectivity index (χ1v) is 7.35. The number of ketones is 1. The van der Waals surface area contributed by atoms with Crippen LogP contribution in [0.15, 0.2) is 24.3 Å². The predicted molar refractivity (Wildman–Crippen MR) is 83.3 cm³/mol. The molecule has 1 aromatic carbocycles. The molecular weight excluding hydrogens is 264 g/mol. The third-order valence-electron chi connectivity index (χ3n) is 4.00. The summed E-state index contributed by atoms with van der Waals surface area (Å²) in [5.41, 5.74) is 3.89. The number of ether oxygens (including phenoxy) is 1. The van der Waals surface area contributed by atoms with Crippen LogP contribution in [-0.2, 0) is 14.9 Å². The van der Waals surface area contributed by atoms with Gasteiger partial charge in [-0.1, -0.05) is 32.1 Å². The van der Waals surface area contributed by atoms with Gasteiger partial charge in [0.2, 0.25) is 0 Å². The van der Waals surface area contributed by atoms with Crippen molar-refractivity contribution in [1.29, 1.82) is 0 Å². The highest BCUT2D eigenvalue weighted by Gasteiger charge is 2.29. The van der Waals surface area contributed by atoms with E-state index in [0.717, 1.165) is 28.7 Å². The number of fused-ring (bicyclic) bond motifs is 1. The van der Waals surface area contributed by atoms with E-state index in [0.29, 0.717) is 6.61 Å². The summed E-state index contributed by atoms with van der Waals surface area (Å²) in [7, 11) is 0. The number of carbonyl (C=O) groups excluding carboxylic acids is 2. The number of rotatable bonds is 4. The van der Waals surface area contributed by atoms with Crippen molar-refractivity contribution >= 4 is 17.3 Å². The van der Waals surface area contributed by atoms with Gasteiger partial charge in [-0.2, -0.15) is 0 Å². The Morgan fingerprint density at radius 2 is 2.00 bits per heavy atom. The fourth-order valence-electron chi connectivity index (χ4n) is 2.74. The van der Waals surface area contributed by atoms with Gasteiger partial charge in [0.25, 0.3) is 0 Å².